The first kappa shape index (κ1) is 24.4. The van der Waals surface area contributed by atoms with E-state index in [1.165, 1.54) is 11.3 Å². The molecule has 4 rings (SSSR count). The summed E-state index contributed by atoms with van der Waals surface area (Å²) < 4.78 is 5.54. The third-order valence-electron chi connectivity index (χ3n) is 6.01. The van der Waals surface area contributed by atoms with Crippen LogP contribution in [0.3, 0.4) is 0 Å². The van der Waals surface area contributed by atoms with Gasteiger partial charge in [0, 0.05) is 56.0 Å². The highest BCUT2D eigenvalue weighted by Gasteiger charge is 2.17. The van der Waals surface area contributed by atoms with E-state index in [-0.39, 0.29) is 25.3 Å². The maximum atomic E-state index is 11.9. The minimum Gasteiger partial charge on any atom is -0.496 e. The van der Waals surface area contributed by atoms with Crippen LogP contribution >= 0.6 is 13.5 Å². The molecule has 2 heterocycles. The summed E-state index contributed by atoms with van der Waals surface area (Å²) in [4.78, 5) is 23.1. The van der Waals surface area contributed by atoms with E-state index in [4.69, 9.17) is 4.74 Å². The molecule has 1 aliphatic rings. The Morgan fingerprint density at radius 3 is 2.76 bits per heavy atom. The van der Waals surface area contributed by atoms with Gasteiger partial charge in [0.1, 0.15) is 17.9 Å². The van der Waals surface area contributed by atoms with Crippen molar-refractivity contribution in [2.24, 2.45) is 0 Å². The zero-order valence-corrected chi connectivity index (χ0v) is 20.5. The Hall–Kier alpha value is -3.26. The number of hydrogen-bond acceptors (Lipinski definition) is 6. The van der Waals surface area contributed by atoms with Gasteiger partial charge in [0.25, 0.3) is 5.91 Å². The minimum absolute atomic E-state index is 0. The first-order valence-corrected chi connectivity index (χ1v) is 10.8. The number of rotatable bonds is 7. The molecule has 0 bridgehead atoms. The van der Waals surface area contributed by atoms with Crippen LogP contribution in [0.5, 0.6) is 5.75 Å². The van der Waals surface area contributed by atoms with Gasteiger partial charge in [0.2, 0.25) is 0 Å². The lowest BCUT2D eigenvalue weighted by Gasteiger charge is -2.18. The van der Waals surface area contributed by atoms with Gasteiger partial charge in [0.05, 0.1) is 12.8 Å². The maximum Gasteiger partial charge on any atom is 0.251 e. The summed E-state index contributed by atoms with van der Waals surface area (Å²) in [7, 11) is 5.37. The predicted molar refractivity (Wildman–Crippen MR) is 138 cm³/mol. The molecule has 0 spiro atoms. The van der Waals surface area contributed by atoms with Crippen molar-refractivity contribution in [3.05, 3.63) is 65.5 Å². The second-order valence-corrected chi connectivity index (χ2v) is 8.12. The summed E-state index contributed by atoms with van der Waals surface area (Å²) in [6.45, 7) is 3.84. The number of benzene rings is 2. The van der Waals surface area contributed by atoms with Crippen LogP contribution < -0.4 is 20.3 Å². The number of hydrogen-bond donors (Lipinski definition) is 2. The van der Waals surface area contributed by atoms with Crippen molar-refractivity contribution < 1.29 is 9.53 Å². The fourth-order valence-corrected chi connectivity index (χ4v) is 4.11. The van der Waals surface area contributed by atoms with Gasteiger partial charge in [-0.2, -0.15) is 13.5 Å². The molecular weight excluding hydrogens is 434 g/mol. The Morgan fingerprint density at radius 1 is 1.18 bits per heavy atom. The highest BCUT2D eigenvalue weighted by molar-refractivity contribution is 7.59. The highest BCUT2D eigenvalue weighted by atomic mass is 32.1. The molecule has 3 aromatic rings. The van der Waals surface area contributed by atoms with Crippen LogP contribution in [0.2, 0.25) is 0 Å². The first-order chi connectivity index (χ1) is 15.5. The van der Waals surface area contributed by atoms with Gasteiger partial charge >= 0.3 is 0 Å². The topological polar surface area (TPSA) is 79.4 Å². The SMILES string of the molecule is CNC(=O)c1ccc([C@H](C)CNc2cc(-c3ccc4c(c3)CCN4C)ncn2)c(OC)c1.S. The average molecular weight is 466 g/mol. The highest BCUT2D eigenvalue weighted by Crippen LogP contribution is 2.31. The molecule has 7 nitrogen and oxygen atoms in total. The summed E-state index contributed by atoms with van der Waals surface area (Å²) >= 11 is 0. The molecule has 0 fully saturated rings. The molecule has 174 valence electrons. The lowest BCUT2D eigenvalue weighted by molar-refractivity contribution is 0.0962. The molecule has 0 saturated heterocycles. The van der Waals surface area contributed by atoms with E-state index < -0.39 is 0 Å². The number of likely N-dealkylation sites (N-methyl/N-ethyl adjacent to an activating group) is 1. The normalized spacial score (nSPS) is 13.0. The van der Waals surface area contributed by atoms with E-state index in [0.29, 0.717) is 17.9 Å². The summed E-state index contributed by atoms with van der Waals surface area (Å²) in [5.74, 6) is 1.50. The van der Waals surface area contributed by atoms with Gasteiger partial charge in [-0.25, -0.2) is 9.97 Å². The summed E-state index contributed by atoms with van der Waals surface area (Å²) in [6.07, 6.45) is 2.66. The molecule has 0 radical (unpaired) electrons. The molecule has 1 aliphatic heterocycles. The number of ether oxygens (including phenoxy) is 1. The zero-order chi connectivity index (χ0) is 22.7. The third kappa shape index (κ3) is 5.22. The number of methoxy groups -OCH3 is 1. The van der Waals surface area contributed by atoms with Crippen molar-refractivity contribution in [2.75, 3.05) is 44.5 Å². The van der Waals surface area contributed by atoms with E-state index in [1.807, 2.05) is 18.2 Å². The second-order valence-electron chi connectivity index (χ2n) is 8.12. The Bertz CT molecular complexity index is 1140. The van der Waals surface area contributed by atoms with Crippen LogP contribution in [0.1, 0.15) is 34.3 Å². The van der Waals surface area contributed by atoms with Crippen LogP contribution in [-0.2, 0) is 6.42 Å². The Labute approximate surface area is 202 Å². The number of fused-ring (bicyclic) bond motifs is 1. The van der Waals surface area contributed by atoms with Crippen LogP contribution in [0.4, 0.5) is 11.5 Å². The van der Waals surface area contributed by atoms with Crippen molar-refractivity contribution in [1.82, 2.24) is 15.3 Å². The molecule has 8 heteroatoms. The largest absolute Gasteiger partial charge is 0.496 e. The number of nitrogens with zero attached hydrogens (tertiary/aromatic N) is 3. The van der Waals surface area contributed by atoms with E-state index in [9.17, 15) is 4.79 Å². The standard InChI is InChI=1S/C25H29N5O2.H2S/c1-16(20-7-5-19(25(31)26-2)12-23(20)32-4)14-27-24-13-21(28-15-29-24)17-6-8-22-18(11-17)9-10-30(22)3;/h5-8,11-13,15-16H,9-10,14H2,1-4H3,(H,26,31)(H,27,28,29);1H2/t16-;/m1./s1. The number of aromatic nitrogens is 2. The molecular formula is C25H31N5O2S. The average Bonchev–Trinajstić information content (AvgIpc) is 3.21. The summed E-state index contributed by atoms with van der Waals surface area (Å²) in [5.41, 5.74) is 6.27. The molecule has 0 saturated carbocycles. The number of carbonyl (C=O) groups is 1. The fourth-order valence-electron chi connectivity index (χ4n) is 4.11. The van der Waals surface area contributed by atoms with E-state index >= 15 is 0 Å². The predicted octanol–water partition coefficient (Wildman–Crippen LogP) is 3.83. The van der Waals surface area contributed by atoms with Crippen molar-refractivity contribution in [3.8, 4) is 17.0 Å². The molecule has 1 aromatic heterocycles. The number of nitrogens with one attached hydrogen (secondary N) is 2. The van der Waals surface area contributed by atoms with Crippen LogP contribution in [0, 0.1) is 0 Å². The maximum absolute atomic E-state index is 11.9. The lowest BCUT2D eigenvalue weighted by atomic mass is 9.98. The van der Waals surface area contributed by atoms with Gasteiger partial charge in [-0.15, -0.1) is 0 Å². The van der Waals surface area contributed by atoms with Gasteiger partial charge in [-0.1, -0.05) is 19.1 Å². The van der Waals surface area contributed by atoms with Crippen LogP contribution in [0.15, 0.2) is 48.8 Å². The van der Waals surface area contributed by atoms with Gasteiger partial charge in [-0.3, -0.25) is 4.79 Å². The molecule has 2 N–H and O–H groups in total. The quantitative estimate of drug-likeness (QED) is 0.552. The summed E-state index contributed by atoms with van der Waals surface area (Å²) in [6, 6.07) is 14.0. The lowest BCUT2D eigenvalue weighted by Crippen LogP contribution is -2.18. The van der Waals surface area contributed by atoms with Crippen molar-refractivity contribution in [2.45, 2.75) is 19.3 Å². The van der Waals surface area contributed by atoms with Crippen molar-refractivity contribution >= 4 is 30.9 Å². The number of anilines is 2. The Kier molecular flexibility index (Phi) is 7.81. The third-order valence-corrected chi connectivity index (χ3v) is 6.01. The van der Waals surface area contributed by atoms with Crippen molar-refractivity contribution in [1.29, 1.82) is 0 Å². The Morgan fingerprint density at radius 2 is 2.00 bits per heavy atom. The minimum atomic E-state index is -0.132. The fraction of sp³-hybridized carbons (Fsp3) is 0.320. The molecule has 1 atom stereocenters. The molecule has 33 heavy (non-hydrogen) atoms. The smallest absolute Gasteiger partial charge is 0.251 e. The molecule has 1 amide bonds. The molecule has 0 aliphatic carbocycles. The van der Waals surface area contributed by atoms with E-state index in [0.717, 1.165) is 35.6 Å². The monoisotopic (exact) mass is 465 g/mol. The van der Waals surface area contributed by atoms with Gasteiger partial charge < -0.3 is 20.3 Å². The Balaban J connectivity index is 0.00000306. The summed E-state index contributed by atoms with van der Waals surface area (Å²) in [5, 5.41) is 6.06. The zero-order valence-electron chi connectivity index (χ0n) is 19.5. The van der Waals surface area contributed by atoms with E-state index in [1.54, 1.807) is 26.6 Å². The van der Waals surface area contributed by atoms with Crippen LogP contribution in [0.25, 0.3) is 11.3 Å². The van der Waals surface area contributed by atoms with Crippen LogP contribution in [-0.4, -0.2) is 50.2 Å². The number of carbonyl (C=O) groups excluding carboxylic acids is 1. The second kappa shape index (κ2) is 10.6. The molecule has 2 aromatic carbocycles. The molecule has 0 unspecified atom stereocenters. The van der Waals surface area contributed by atoms with E-state index in [2.05, 4.69) is 57.7 Å². The van der Waals surface area contributed by atoms with Crippen molar-refractivity contribution in [3.63, 3.8) is 0 Å². The van der Waals surface area contributed by atoms with Gasteiger partial charge in [-0.05, 0) is 41.8 Å². The van der Waals surface area contributed by atoms with Gasteiger partial charge in [0.15, 0.2) is 0 Å². The number of amides is 1. The first-order valence-electron chi connectivity index (χ1n) is 10.8.